The van der Waals surface area contributed by atoms with Gasteiger partial charge < -0.3 is 5.11 Å². The summed E-state index contributed by atoms with van der Waals surface area (Å²) >= 11 is 0. The lowest BCUT2D eigenvalue weighted by Crippen LogP contribution is -1.85. The van der Waals surface area contributed by atoms with Gasteiger partial charge in [-0.05, 0) is 36.4 Å². The van der Waals surface area contributed by atoms with Gasteiger partial charge in [0.05, 0.1) is 0 Å². The van der Waals surface area contributed by atoms with Crippen molar-refractivity contribution in [2.24, 2.45) is 0 Å². The van der Waals surface area contributed by atoms with Crippen LogP contribution < -0.4 is 0 Å². The third kappa shape index (κ3) is 1.97. The Labute approximate surface area is 113 Å². The minimum Gasteiger partial charge on any atom is -0.507 e. The summed E-state index contributed by atoms with van der Waals surface area (Å²) < 4.78 is 0. The van der Waals surface area contributed by atoms with Gasteiger partial charge in [-0.2, -0.15) is 0 Å². The number of phenolic OH excluding ortho intramolecular Hbond substituents is 1. The number of fused-ring (bicyclic) bond motifs is 1. The van der Waals surface area contributed by atoms with Crippen LogP contribution >= 0.6 is 0 Å². The molecule has 0 unspecified atom stereocenters. The number of hydrogen-bond acceptors (Lipinski definition) is 1. The largest absolute Gasteiger partial charge is 0.507 e. The van der Waals surface area contributed by atoms with Gasteiger partial charge in [0.1, 0.15) is 5.75 Å². The molecule has 0 bridgehead atoms. The SMILES string of the molecule is Cc1cc(C)c2ccc(-c3ccccc3)c(O)c2c1. The van der Waals surface area contributed by atoms with Gasteiger partial charge in [0, 0.05) is 10.9 Å². The number of aromatic hydroxyl groups is 1. The maximum absolute atomic E-state index is 10.6. The van der Waals surface area contributed by atoms with E-state index < -0.39 is 0 Å². The van der Waals surface area contributed by atoms with Crippen molar-refractivity contribution in [3.63, 3.8) is 0 Å². The van der Waals surface area contributed by atoms with Crippen LogP contribution in [0.25, 0.3) is 21.9 Å². The van der Waals surface area contributed by atoms with Crippen molar-refractivity contribution in [3.8, 4) is 16.9 Å². The van der Waals surface area contributed by atoms with Gasteiger partial charge in [-0.15, -0.1) is 0 Å². The van der Waals surface area contributed by atoms with Crippen LogP contribution in [0.2, 0.25) is 0 Å². The Bertz CT molecular complexity index is 742. The average Bonchev–Trinajstić information content (AvgIpc) is 2.41. The summed E-state index contributed by atoms with van der Waals surface area (Å²) in [5, 5.41) is 12.6. The molecule has 94 valence electrons. The predicted molar refractivity (Wildman–Crippen MR) is 80.5 cm³/mol. The maximum Gasteiger partial charge on any atom is 0.131 e. The van der Waals surface area contributed by atoms with Gasteiger partial charge in [0.25, 0.3) is 0 Å². The van der Waals surface area contributed by atoms with Gasteiger partial charge in [-0.25, -0.2) is 0 Å². The number of phenols is 1. The molecule has 3 rings (SSSR count). The van der Waals surface area contributed by atoms with E-state index in [1.54, 1.807) is 0 Å². The zero-order valence-electron chi connectivity index (χ0n) is 11.1. The topological polar surface area (TPSA) is 20.2 Å². The second-order valence-corrected chi connectivity index (χ2v) is 5.00. The summed E-state index contributed by atoms with van der Waals surface area (Å²) in [5.41, 5.74) is 4.30. The third-order valence-corrected chi connectivity index (χ3v) is 3.54. The van der Waals surface area contributed by atoms with Crippen molar-refractivity contribution in [1.82, 2.24) is 0 Å². The Morgan fingerprint density at radius 1 is 0.789 bits per heavy atom. The monoisotopic (exact) mass is 248 g/mol. The van der Waals surface area contributed by atoms with Gasteiger partial charge in [-0.3, -0.25) is 0 Å². The first-order chi connectivity index (χ1) is 9.16. The highest BCUT2D eigenvalue weighted by Gasteiger charge is 2.09. The molecule has 0 amide bonds. The van der Waals surface area contributed by atoms with Crippen LogP contribution in [0.4, 0.5) is 0 Å². The fraction of sp³-hybridized carbons (Fsp3) is 0.111. The van der Waals surface area contributed by atoms with E-state index in [9.17, 15) is 5.11 Å². The highest BCUT2D eigenvalue weighted by atomic mass is 16.3. The quantitative estimate of drug-likeness (QED) is 0.654. The Morgan fingerprint density at radius 3 is 2.26 bits per heavy atom. The second-order valence-electron chi connectivity index (χ2n) is 5.00. The summed E-state index contributed by atoms with van der Waals surface area (Å²) in [6.07, 6.45) is 0. The fourth-order valence-electron chi connectivity index (χ4n) is 2.64. The minimum atomic E-state index is 0.371. The van der Waals surface area contributed by atoms with Gasteiger partial charge in [0.2, 0.25) is 0 Å². The molecule has 0 aromatic heterocycles. The van der Waals surface area contributed by atoms with E-state index in [1.807, 2.05) is 42.5 Å². The molecule has 0 aliphatic heterocycles. The van der Waals surface area contributed by atoms with Crippen molar-refractivity contribution >= 4 is 10.8 Å². The number of aryl methyl sites for hydroxylation is 2. The van der Waals surface area contributed by atoms with Gasteiger partial charge in [0.15, 0.2) is 0 Å². The smallest absolute Gasteiger partial charge is 0.131 e. The van der Waals surface area contributed by atoms with Crippen LogP contribution in [0.15, 0.2) is 54.6 Å². The first-order valence-electron chi connectivity index (χ1n) is 6.45. The number of hydrogen-bond donors (Lipinski definition) is 1. The first kappa shape index (κ1) is 11.8. The van der Waals surface area contributed by atoms with Crippen LogP contribution in [0.3, 0.4) is 0 Å². The Kier molecular flexibility index (Phi) is 2.75. The highest BCUT2D eigenvalue weighted by molar-refractivity contribution is 5.96. The lowest BCUT2D eigenvalue weighted by Gasteiger charge is -2.11. The van der Waals surface area contributed by atoms with E-state index in [-0.39, 0.29) is 0 Å². The maximum atomic E-state index is 10.6. The summed E-state index contributed by atoms with van der Waals surface area (Å²) in [6, 6.07) is 18.3. The zero-order chi connectivity index (χ0) is 13.4. The fourth-order valence-corrected chi connectivity index (χ4v) is 2.64. The summed E-state index contributed by atoms with van der Waals surface area (Å²) in [5.74, 6) is 0.371. The molecule has 0 fully saturated rings. The van der Waals surface area contributed by atoms with E-state index in [0.717, 1.165) is 21.9 Å². The van der Waals surface area contributed by atoms with Crippen molar-refractivity contribution in [2.75, 3.05) is 0 Å². The molecule has 0 aliphatic carbocycles. The van der Waals surface area contributed by atoms with Crippen molar-refractivity contribution in [2.45, 2.75) is 13.8 Å². The van der Waals surface area contributed by atoms with E-state index in [1.165, 1.54) is 11.1 Å². The molecule has 0 saturated carbocycles. The van der Waals surface area contributed by atoms with Crippen LogP contribution in [0, 0.1) is 13.8 Å². The van der Waals surface area contributed by atoms with E-state index in [0.29, 0.717) is 5.75 Å². The first-order valence-corrected chi connectivity index (χ1v) is 6.45. The standard InChI is InChI=1S/C18H16O/c1-12-10-13(2)15-8-9-16(18(19)17(15)11-12)14-6-4-3-5-7-14/h3-11,19H,1-2H3. The molecule has 1 N–H and O–H groups in total. The molecule has 0 atom stereocenters. The molecule has 3 aromatic rings. The summed E-state index contributed by atoms with van der Waals surface area (Å²) in [6.45, 7) is 4.14. The zero-order valence-corrected chi connectivity index (χ0v) is 11.1. The molecule has 3 aromatic carbocycles. The molecule has 1 heteroatoms. The molecule has 0 radical (unpaired) electrons. The summed E-state index contributed by atoms with van der Waals surface area (Å²) in [4.78, 5) is 0. The molecular weight excluding hydrogens is 232 g/mol. The van der Waals surface area contributed by atoms with Crippen LogP contribution in [0.1, 0.15) is 11.1 Å². The normalized spacial score (nSPS) is 10.8. The van der Waals surface area contributed by atoms with Gasteiger partial charge >= 0.3 is 0 Å². The Morgan fingerprint density at radius 2 is 1.53 bits per heavy atom. The lowest BCUT2D eigenvalue weighted by molar-refractivity contribution is 0.483. The molecule has 19 heavy (non-hydrogen) atoms. The van der Waals surface area contributed by atoms with Crippen molar-refractivity contribution in [3.05, 3.63) is 65.7 Å². The van der Waals surface area contributed by atoms with E-state index in [2.05, 4.69) is 26.0 Å². The molecule has 0 heterocycles. The number of rotatable bonds is 1. The molecule has 0 spiro atoms. The van der Waals surface area contributed by atoms with Crippen molar-refractivity contribution < 1.29 is 5.11 Å². The Balaban J connectivity index is 2.33. The molecule has 0 aliphatic rings. The second kappa shape index (κ2) is 4.43. The average molecular weight is 248 g/mol. The van der Waals surface area contributed by atoms with E-state index >= 15 is 0 Å². The lowest BCUT2D eigenvalue weighted by atomic mass is 9.96. The molecule has 0 saturated heterocycles. The minimum absolute atomic E-state index is 0.371. The van der Waals surface area contributed by atoms with Crippen molar-refractivity contribution in [1.29, 1.82) is 0 Å². The van der Waals surface area contributed by atoms with E-state index in [4.69, 9.17) is 0 Å². The summed E-state index contributed by atoms with van der Waals surface area (Å²) in [7, 11) is 0. The third-order valence-electron chi connectivity index (χ3n) is 3.54. The van der Waals surface area contributed by atoms with Gasteiger partial charge in [-0.1, -0.05) is 54.1 Å². The van der Waals surface area contributed by atoms with Crippen LogP contribution in [-0.2, 0) is 0 Å². The Hall–Kier alpha value is -2.28. The highest BCUT2D eigenvalue weighted by Crippen LogP contribution is 2.37. The van der Waals surface area contributed by atoms with Crippen LogP contribution in [0.5, 0.6) is 5.75 Å². The number of benzene rings is 3. The predicted octanol–water partition coefficient (Wildman–Crippen LogP) is 4.83. The van der Waals surface area contributed by atoms with Crippen LogP contribution in [-0.4, -0.2) is 5.11 Å². The molecular formula is C18H16O. The molecule has 1 nitrogen and oxygen atoms in total.